The summed E-state index contributed by atoms with van der Waals surface area (Å²) in [6.07, 6.45) is -1.56. The lowest BCUT2D eigenvalue weighted by atomic mass is 10.0. The van der Waals surface area contributed by atoms with Crippen molar-refractivity contribution in [2.24, 2.45) is 5.73 Å². The van der Waals surface area contributed by atoms with Crippen molar-refractivity contribution in [3.05, 3.63) is 41.0 Å². The minimum Gasteiger partial charge on any atom is -0.392 e. The molecule has 0 saturated heterocycles. The second-order valence-electron chi connectivity index (χ2n) is 3.64. The van der Waals surface area contributed by atoms with E-state index in [2.05, 4.69) is 0 Å². The number of alkyl halides is 3. The van der Waals surface area contributed by atoms with Crippen molar-refractivity contribution in [1.29, 1.82) is 0 Å². The molecular weight excluding hydrogens is 247 g/mol. The molecule has 1 rings (SSSR count). The molecule has 0 heterocycles. The monoisotopic (exact) mass is 259 g/mol. The van der Waals surface area contributed by atoms with Crippen molar-refractivity contribution in [3.8, 4) is 0 Å². The van der Waals surface area contributed by atoms with Crippen LogP contribution in [-0.2, 0) is 17.6 Å². The molecule has 6 heteroatoms. The predicted molar refractivity (Wildman–Crippen MR) is 60.2 cm³/mol. The van der Waals surface area contributed by atoms with E-state index < -0.39 is 24.3 Å². The molecule has 0 aliphatic heterocycles. The van der Waals surface area contributed by atoms with Gasteiger partial charge >= 0.3 is 6.18 Å². The van der Waals surface area contributed by atoms with Gasteiger partial charge in [0, 0.05) is 6.42 Å². The Morgan fingerprint density at radius 1 is 1.39 bits per heavy atom. The number of rotatable bonds is 4. The number of benzene rings is 1. The van der Waals surface area contributed by atoms with Gasteiger partial charge in [0.1, 0.15) is 0 Å². The lowest BCUT2D eigenvalue weighted by molar-refractivity contribution is -0.137. The number of aliphatic hydroxyl groups is 1. The second kappa shape index (κ2) is 5.68. The van der Waals surface area contributed by atoms with Crippen LogP contribution in [0.2, 0.25) is 0 Å². The van der Waals surface area contributed by atoms with Crippen molar-refractivity contribution < 1.29 is 23.1 Å². The molecule has 0 bridgehead atoms. The standard InChI is InChI=1S/C12H12F3NO2/c13-12(14,15)10-5-4-8(9(6-10)7-17)2-1-3-11(16)18/h1-2,4-6,17H,3,7H2,(H2,16,18). The Morgan fingerprint density at radius 2 is 2.06 bits per heavy atom. The zero-order chi connectivity index (χ0) is 13.8. The molecule has 1 aromatic carbocycles. The maximum Gasteiger partial charge on any atom is 0.416 e. The smallest absolute Gasteiger partial charge is 0.392 e. The number of carbonyl (C=O) groups is 1. The average molecular weight is 259 g/mol. The molecule has 3 nitrogen and oxygen atoms in total. The maximum atomic E-state index is 12.4. The van der Waals surface area contributed by atoms with E-state index in [0.717, 1.165) is 12.1 Å². The van der Waals surface area contributed by atoms with E-state index in [0.29, 0.717) is 5.56 Å². The van der Waals surface area contributed by atoms with Gasteiger partial charge in [-0.2, -0.15) is 13.2 Å². The molecule has 0 spiro atoms. The van der Waals surface area contributed by atoms with Gasteiger partial charge in [-0.3, -0.25) is 4.79 Å². The first-order chi connectivity index (χ1) is 8.34. The first kappa shape index (κ1) is 14.2. The van der Waals surface area contributed by atoms with E-state index >= 15 is 0 Å². The normalized spacial score (nSPS) is 12.0. The zero-order valence-corrected chi connectivity index (χ0v) is 9.37. The molecule has 0 fully saturated rings. The molecule has 0 aliphatic rings. The fourth-order valence-electron chi connectivity index (χ4n) is 1.38. The minimum atomic E-state index is -4.45. The first-order valence-electron chi connectivity index (χ1n) is 5.10. The van der Waals surface area contributed by atoms with Crippen LogP contribution in [0.15, 0.2) is 24.3 Å². The summed E-state index contributed by atoms with van der Waals surface area (Å²) in [5.74, 6) is -0.538. The third-order valence-corrected chi connectivity index (χ3v) is 2.26. The first-order valence-corrected chi connectivity index (χ1v) is 5.10. The van der Waals surface area contributed by atoms with E-state index in [1.165, 1.54) is 18.2 Å². The van der Waals surface area contributed by atoms with Crippen LogP contribution in [0.4, 0.5) is 13.2 Å². The Kier molecular flexibility index (Phi) is 4.49. The molecule has 0 aliphatic carbocycles. The molecule has 0 radical (unpaired) electrons. The van der Waals surface area contributed by atoms with Crippen LogP contribution in [0.5, 0.6) is 0 Å². The lowest BCUT2D eigenvalue weighted by Gasteiger charge is -2.10. The van der Waals surface area contributed by atoms with E-state index in [-0.39, 0.29) is 12.0 Å². The van der Waals surface area contributed by atoms with Gasteiger partial charge in [0.15, 0.2) is 0 Å². The minimum absolute atomic E-state index is 0.00804. The highest BCUT2D eigenvalue weighted by molar-refractivity contribution is 5.76. The summed E-state index contributed by atoms with van der Waals surface area (Å²) in [5.41, 5.74) is 4.67. The summed E-state index contributed by atoms with van der Waals surface area (Å²) in [4.78, 5) is 10.5. The van der Waals surface area contributed by atoms with Crippen molar-refractivity contribution in [1.82, 2.24) is 0 Å². The quantitative estimate of drug-likeness (QED) is 0.869. The van der Waals surface area contributed by atoms with Crippen LogP contribution in [0.3, 0.4) is 0 Å². The van der Waals surface area contributed by atoms with Gasteiger partial charge in [-0.1, -0.05) is 18.2 Å². The molecule has 0 atom stereocenters. The number of aliphatic hydroxyl groups excluding tert-OH is 1. The number of hydrogen-bond donors (Lipinski definition) is 2. The molecular formula is C12H12F3NO2. The van der Waals surface area contributed by atoms with E-state index in [1.807, 2.05) is 0 Å². The third kappa shape index (κ3) is 3.89. The molecule has 3 N–H and O–H groups in total. The van der Waals surface area contributed by atoms with Crippen molar-refractivity contribution in [2.45, 2.75) is 19.2 Å². The SMILES string of the molecule is NC(=O)CC=Cc1ccc(C(F)(F)F)cc1CO. The third-order valence-electron chi connectivity index (χ3n) is 2.26. The lowest BCUT2D eigenvalue weighted by Crippen LogP contribution is -2.08. The van der Waals surface area contributed by atoms with Crippen LogP contribution < -0.4 is 5.73 Å². The Balaban J connectivity index is 3.01. The number of amides is 1. The van der Waals surface area contributed by atoms with Crippen LogP contribution in [-0.4, -0.2) is 11.0 Å². The van der Waals surface area contributed by atoms with Crippen molar-refractivity contribution >= 4 is 12.0 Å². The summed E-state index contributed by atoms with van der Waals surface area (Å²) in [5, 5.41) is 9.02. The molecule has 1 aromatic rings. The summed E-state index contributed by atoms with van der Waals surface area (Å²) in [6.45, 7) is -0.514. The maximum absolute atomic E-state index is 12.4. The zero-order valence-electron chi connectivity index (χ0n) is 9.37. The predicted octanol–water partition coefficient (Wildman–Crippen LogP) is 2.09. The highest BCUT2D eigenvalue weighted by Gasteiger charge is 2.30. The molecule has 1 amide bonds. The van der Waals surface area contributed by atoms with Crippen molar-refractivity contribution in [3.63, 3.8) is 0 Å². The van der Waals surface area contributed by atoms with Crippen LogP contribution >= 0.6 is 0 Å². The van der Waals surface area contributed by atoms with E-state index in [1.54, 1.807) is 0 Å². The van der Waals surface area contributed by atoms with Gasteiger partial charge in [0.2, 0.25) is 5.91 Å². The highest BCUT2D eigenvalue weighted by Crippen LogP contribution is 2.30. The Hall–Kier alpha value is -1.82. The number of halogens is 3. The number of primary amides is 1. The van der Waals surface area contributed by atoms with Gasteiger partial charge in [0.25, 0.3) is 0 Å². The van der Waals surface area contributed by atoms with Crippen molar-refractivity contribution in [2.75, 3.05) is 0 Å². The number of hydrogen-bond acceptors (Lipinski definition) is 2. The molecule has 0 saturated carbocycles. The molecule has 0 aromatic heterocycles. The molecule has 98 valence electrons. The molecule has 18 heavy (non-hydrogen) atoms. The van der Waals surface area contributed by atoms with Crippen LogP contribution in [0.25, 0.3) is 6.08 Å². The van der Waals surface area contributed by atoms with Gasteiger partial charge in [0.05, 0.1) is 12.2 Å². The topological polar surface area (TPSA) is 63.3 Å². The number of nitrogens with two attached hydrogens (primary N) is 1. The van der Waals surface area contributed by atoms with E-state index in [4.69, 9.17) is 10.8 Å². The summed E-state index contributed by atoms with van der Waals surface area (Å²) in [7, 11) is 0. The Bertz CT molecular complexity index is 467. The van der Waals surface area contributed by atoms with Gasteiger partial charge in [-0.25, -0.2) is 0 Å². The Morgan fingerprint density at radius 3 is 2.56 bits per heavy atom. The second-order valence-corrected chi connectivity index (χ2v) is 3.64. The fourth-order valence-corrected chi connectivity index (χ4v) is 1.38. The number of carbonyl (C=O) groups excluding carboxylic acids is 1. The van der Waals surface area contributed by atoms with Crippen LogP contribution in [0, 0.1) is 0 Å². The van der Waals surface area contributed by atoms with Gasteiger partial charge < -0.3 is 10.8 Å². The summed E-state index contributed by atoms with van der Waals surface area (Å²) >= 11 is 0. The average Bonchev–Trinajstić information content (AvgIpc) is 2.27. The van der Waals surface area contributed by atoms with Gasteiger partial charge in [-0.05, 0) is 23.3 Å². The van der Waals surface area contributed by atoms with Gasteiger partial charge in [-0.15, -0.1) is 0 Å². The largest absolute Gasteiger partial charge is 0.416 e. The Labute approximate surface area is 102 Å². The highest BCUT2D eigenvalue weighted by atomic mass is 19.4. The molecule has 0 unspecified atom stereocenters. The van der Waals surface area contributed by atoms with Crippen LogP contribution in [0.1, 0.15) is 23.1 Å². The van der Waals surface area contributed by atoms with E-state index in [9.17, 15) is 18.0 Å². The fraction of sp³-hybridized carbons (Fsp3) is 0.250. The summed E-state index contributed by atoms with van der Waals surface area (Å²) < 4.78 is 37.3. The summed E-state index contributed by atoms with van der Waals surface area (Å²) in [6, 6.07) is 3.04.